The van der Waals surface area contributed by atoms with Crippen LogP contribution >= 0.6 is 11.3 Å². The summed E-state index contributed by atoms with van der Waals surface area (Å²) < 4.78 is 5.42. The van der Waals surface area contributed by atoms with Crippen LogP contribution in [0.3, 0.4) is 0 Å². The normalized spacial score (nSPS) is 17.6. The molecule has 1 atom stereocenters. The van der Waals surface area contributed by atoms with Crippen LogP contribution in [0.4, 0.5) is 4.79 Å². The Morgan fingerprint density at radius 2 is 2.15 bits per heavy atom. The molecule has 2 aromatic rings. The van der Waals surface area contributed by atoms with Gasteiger partial charge in [0, 0.05) is 17.3 Å². The van der Waals surface area contributed by atoms with Crippen molar-refractivity contribution in [2.45, 2.75) is 32.5 Å². The van der Waals surface area contributed by atoms with Gasteiger partial charge in [0.25, 0.3) is 0 Å². The molecule has 0 aliphatic carbocycles. The summed E-state index contributed by atoms with van der Waals surface area (Å²) in [5.74, 6) is 0. The first-order valence-electron chi connectivity index (χ1n) is 6.76. The molecule has 3 nitrogen and oxygen atoms in total. The molecule has 4 heteroatoms. The molecule has 3 rings (SSSR count). The van der Waals surface area contributed by atoms with Gasteiger partial charge < -0.3 is 9.64 Å². The van der Waals surface area contributed by atoms with Crippen molar-refractivity contribution in [3.05, 3.63) is 57.8 Å². The van der Waals surface area contributed by atoms with Crippen LogP contribution in [0.2, 0.25) is 0 Å². The molecule has 0 bridgehead atoms. The highest BCUT2D eigenvalue weighted by atomic mass is 32.1. The second-order valence-corrected chi connectivity index (χ2v) is 6.09. The standard InChI is InChI=1S/C16H17NO2S/c1-12-9-15-14(7-8-20-15)10-17(12)16(18)19-11-13-5-3-2-4-6-13/h2-8,12H,9-11H2,1H3. The van der Waals surface area contributed by atoms with E-state index in [0.29, 0.717) is 13.2 Å². The first kappa shape index (κ1) is 13.2. The van der Waals surface area contributed by atoms with Gasteiger partial charge in [-0.15, -0.1) is 11.3 Å². The molecule has 1 aromatic heterocycles. The quantitative estimate of drug-likeness (QED) is 0.840. The Labute approximate surface area is 122 Å². The maximum atomic E-state index is 12.2. The fraction of sp³-hybridized carbons (Fsp3) is 0.312. The summed E-state index contributed by atoms with van der Waals surface area (Å²) in [6.07, 6.45) is 0.700. The average Bonchev–Trinajstić information content (AvgIpc) is 2.92. The predicted molar refractivity (Wildman–Crippen MR) is 79.7 cm³/mol. The monoisotopic (exact) mass is 287 g/mol. The zero-order valence-corrected chi connectivity index (χ0v) is 12.2. The van der Waals surface area contributed by atoms with E-state index in [0.717, 1.165) is 12.0 Å². The van der Waals surface area contributed by atoms with E-state index in [-0.39, 0.29) is 12.1 Å². The smallest absolute Gasteiger partial charge is 0.410 e. The number of hydrogen-bond donors (Lipinski definition) is 0. The van der Waals surface area contributed by atoms with Gasteiger partial charge in [0.1, 0.15) is 6.61 Å². The summed E-state index contributed by atoms with van der Waals surface area (Å²) in [6.45, 7) is 3.07. The van der Waals surface area contributed by atoms with E-state index in [1.807, 2.05) is 35.2 Å². The Bertz CT molecular complexity index is 594. The zero-order chi connectivity index (χ0) is 13.9. The molecule has 0 fully saturated rings. The van der Waals surface area contributed by atoms with Crippen molar-refractivity contribution in [3.63, 3.8) is 0 Å². The van der Waals surface area contributed by atoms with E-state index in [1.54, 1.807) is 11.3 Å². The van der Waals surface area contributed by atoms with Crippen LogP contribution in [-0.2, 0) is 24.3 Å². The molecular weight excluding hydrogens is 270 g/mol. The largest absolute Gasteiger partial charge is 0.445 e. The van der Waals surface area contributed by atoms with Crippen LogP contribution in [0, 0.1) is 0 Å². The molecule has 0 saturated heterocycles. The number of carbonyl (C=O) groups excluding carboxylic acids is 1. The average molecular weight is 287 g/mol. The molecule has 0 radical (unpaired) electrons. The van der Waals surface area contributed by atoms with Crippen molar-refractivity contribution in [3.8, 4) is 0 Å². The minimum Gasteiger partial charge on any atom is -0.445 e. The summed E-state index contributed by atoms with van der Waals surface area (Å²) in [4.78, 5) is 15.4. The van der Waals surface area contributed by atoms with E-state index in [4.69, 9.17) is 4.74 Å². The molecule has 1 aliphatic rings. The molecule has 0 spiro atoms. The molecular formula is C16H17NO2S. The van der Waals surface area contributed by atoms with Crippen LogP contribution in [0.25, 0.3) is 0 Å². The van der Waals surface area contributed by atoms with Gasteiger partial charge in [0.2, 0.25) is 0 Å². The maximum absolute atomic E-state index is 12.2. The molecule has 0 N–H and O–H groups in total. The molecule has 1 aliphatic heterocycles. The molecule has 2 heterocycles. The van der Waals surface area contributed by atoms with Crippen LogP contribution < -0.4 is 0 Å². The fourth-order valence-electron chi connectivity index (χ4n) is 2.45. The highest BCUT2D eigenvalue weighted by Crippen LogP contribution is 2.28. The lowest BCUT2D eigenvalue weighted by Gasteiger charge is -2.32. The Balaban J connectivity index is 1.63. The third-order valence-electron chi connectivity index (χ3n) is 3.63. The summed E-state index contributed by atoms with van der Waals surface area (Å²) in [7, 11) is 0. The molecule has 1 unspecified atom stereocenters. The van der Waals surface area contributed by atoms with E-state index < -0.39 is 0 Å². The number of amides is 1. The number of thiophene rings is 1. The van der Waals surface area contributed by atoms with Gasteiger partial charge in [-0.25, -0.2) is 4.79 Å². The van der Waals surface area contributed by atoms with Gasteiger partial charge in [-0.2, -0.15) is 0 Å². The second-order valence-electron chi connectivity index (χ2n) is 5.09. The van der Waals surface area contributed by atoms with Gasteiger partial charge in [-0.3, -0.25) is 0 Å². The number of nitrogens with zero attached hydrogens (tertiary/aromatic N) is 1. The van der Waals surface area contributed by atoms with E-state index >= 15 is 0 Å². The van der Waals surface area contributed by atoms with Gasteiger partial charge >= 0.3 is 6.09 Å². The SMILES string of the molecule is CC1Cc2sccc2CN1C(=O)OCc1ccccc1. The Morgan fingerprint density at radius 3 is 2.95 bits per heavy atom. The lowest BCUT2D eigenvalue weighted by Crippen LogP contribution is -2.42. The van der Waals surface area contributed by atoms with Crippen molar-refractivity contribution < 1.29 is 9.53 Å². The third-order valence-corrected chi connectivity index (χ3v) is 4.62. The summed E-state index contributed by atoms with van der Waals surface area (Å²) >= 11 is 1.77. The number of carbonyl (C=O) groups is 1. The van der Waals surface area contributed by atoms with Gasteiger partial charge in [-0.05, 0) is 29.5 Å². The van der Waals surface area contributed by atoms with Crippen LogP contribution in [0.5, 0.6) is 0 Å². The molecule has 1 aromatic carbocycles. The lowest BCUT2D eigenvalue weighted by atomic mass is 10.0. The minimum absolute atomic E-state index is 0.199. The van der Waals surface area contributed by atoms with Crippen molar-refractivity contribution in [2.24, 2.45) is 0 Å². The maximum Gasteiger partial charge on any atom is 0.410 e. The van der Waals surface area contributed by atoms with Gasteiger partial charge in [-0.1, -0.05) is 30.3 Å². The number of benzene rings is 1. The van der Waals surface area contributed by atoms with E-state index in [9.17, 15) is 4.79 Å². The highest BCUT2D eigenvalue weighted by Gasteiger charge is 2.28. The van der Waals surface area contributed by atoms with Crippen LogP contribution in [0.15, 0.2) is 41.8 Å². The molecule has 0 saturated carbocycles. The summed E-state index contributed by atoms with van der Waals surface area (Å²) in [5, 5.41) is 2.09. The Kier molecular flexibility index (Phi) is 3.74. The lowest BCUT2D eigenvalue weighted by molar-refractivity contribution is 0.0770. The minimum atomic E-state index is -0.224. The summed E-state index contributed by atoms with van der Waals surface area (Å²) in [5.41, 5.74) is 2.27. The van der Waals surface area contributed by atoms with Crippen molar-refractivity contribution in [1.29, 1.82) is 0 Å². The fourth-order valence-corrected chi connectivity index (χ4v) is 3.47. The van der Waals surface area contributed by atoms with Gasteiger partial charge in [0.15, 0.2) is 0 Å². The highest BCUT2D eigenvalue weighted by molar-refractivity contribution is 7.10. The van der Waals surface area contributed by atoms with E-state index in [1.165, 1.54) is 10.4 Å². The first-order valence-corrected chi connectivity index (χ1v) is 7.64. The van der Waals surface area contributed by atoms with Crippen molar-refractivity contribution in [2.75, 3.05) is 0 Å². The predicted octanol–water partition coefficient (Wildman–Crippen LogP) is 3.83. The second kappa shape index (κ2) is 5.67. The third kappa shape index (κ3) is 2.70. The van der Waals surface area contributed by atoms with Crippen LogP contribution in [-0.4, -0.2) is 17.0 Å². The van der Waals surface area contributed by atoms with E-state index in [2.05, 4.69) is 18.4 Å². The van der Waals surface area contributed by atoms with Crippen LogP contribution in [0.1, 0.15) is 22.9 Å². The molecule has 104 valence electrons. The summed E-state index contributed by atoms with van der Waals surface area (Å²) in [6, 6.07) is 12.1. The Morgan fingerprint density at radius 1 is 1.35 bits per heavy atom. The zero-order valence-electron chi connectivity index (χ0n) is 11.4. The number of hydrogen-bond acceptors (Lipinski definition) is 3. The van der Waals surface area contributed by atoms with Crippen molar-refractivity contribution in [1.82, 2.24) is 4.90 Å². The number of fused-ring (bicyclic) bond motifs is 1. The Hall–Kier alpha value is -1.81. The topological polar surface area (TPSA) is 29.5 Å². The molecule has 20 heavy (non-hydrogen) atoms. The first-order chi connectivity index (χ1) is 9.74. The van der Waals surface area contributed by atoms with Gasteiger partial charge in [0.05, 0.1) is 6.54 Å². The molecule has 1 amide bonds. The van der Waals surface area contributed by atoms with Crippen molar-refractivity contribution >= 4 is 17.4 Å². The number of rotatable bonds is 2. The number of ether oxygens (including phenoxy) is 1.